The number of rotatable bonds is 7. The summed E-state index contributed by atoms with van der Waals surface area (Å²) in [6.45, 7) is 6.24. The largest absolute Gasteiger partial charge is 0.457 e. The molecule has 1 aromatic heterocycles. The molecule has 0 fully saturated rings. The maximum Gasteiger partial charge on any atom is 0.338 e. The second-order valence-electron chi connectivity index (χ2n) is 7.60. The third-order valence-corrected chi connectivity index (χ3v) is 5.09. The maximum atomic E-state index is 12.9. The van der Waals surface area contributed by atoms with Crippen molar-refractivity contribution in [1.82, 2.24) is 4.98 Å². The zero-order chi connectivity index (χ0) is 23.1. The Kier molecular flexibility index (Phi) is 7.73. The summed E-state index contributed by atoms with van der Waals surface area (Å²) < 4.78 is 5.59. The molecule has 6 nitrogen and oxygen atoms in total. The molecule has 3 rings (SSSR count). The predicted molar refractivity (Wildman–Crippen MR) is 130 cm³/mol. The van der Waals surface area contributed by atoms with E-state index in [1.54, 1.807) is 24.4 Å². The van der Waals surface area contributed by atoms with E-state index in [0.717, 1.165) is 23.0 Å². The van der Waals surface area contributed by atoms with Crippen LogP contribution in [-0.2, 0) is 11.3 Å². The van der Waals surface area contributed by atoms with Gasteiger partial charge in [-0.15, -0.1) is 0 Å². The van der Waals surface area contributed by atoms with Gasteiger partial charge in [-0.25, -0.2) is 14.8 Å². The highest BCUT2D eigenvalue weighted by Gasteiger charge is 2.15. The van der Waals surface area contributed by atoms with Crippen LogP contribution in [0.4, 0.5) is 5.69 Å². The van der Waals surface area contributed by atoms with Crippen molar-refractivity contribution < 1.29 is 9.53 Å². The Morgan fingerprint density at radius 3 is 2.78 bits per heavy atom. The Balaban J connectivity index is 1.85. The number of nitrogens with two attached hydrogens (primary N) is 1. The first-order chi connectivity index (χ1) is 15.4. The lowest BCUT2D eigenvalue weighted by atomic mass is 9.92. The zero-order valence-corrected chi connectivity index (χ0v) is 19.0. The van der Waals surface area contributed by atoms with E-state index >= 15 is 0 Å². The standard InChI is InChI=1S/C25H25ClN4O2/c1-16(2)22-6-7-28-12-23(22)18-8-17(3)9-19(10-18)25(31)32-13-20-11-21(26)4-5-24(20)30-15-29-14-27/h4-12,14-16H,13H2,1-3H3,(H2,27,29,30). The first kappa shape index (κ1) is 23.2. The summed E-state index contributed by atoms with van der Waals surface area (Å²) in [5.41, 5.74) is 11.0. The number of aromatic nitrogens is 1. The molecule has 32 heavy (non-hydrogen) atoms. The molecule has 0 aliphatic carbocycles. The minimum absolute atomic E-state index is 0.0197. The summed E-state index contributed by atoms with van der Waals surface area (Å²) in [6.07, 6.45) is 6.08. The van der Waals surface area contributed by atoms with Crippen molar-refractivity contribution in [2.45, 2.75) is 33.3 Å². The van der Waals surface area contributed by atoms with Crippen LogP contribution >= 0.6 is 11.6 Å². The second-order valence-corrected chi connectivity index (χ2v) is 8.03. The number of ether oxygens (including phenoxy) is 1. The monoisotopic (exact) mass is 448 g/mol. The summed E-state index contributed by atoms with van der Waals surface area (Å²) in [5, 5.41) is 0.521. The number of benzene rings is 2. The van der Waals surface area contributed by atoms with Gasteiger partial charge in [0.25, 0.3) is 0 Å². The smallest absolute Gasteiger partial charge is 0.338 e. The minimum Gasteiger partial charge on any atom is -0.457 e. The Bertz CT molecular complexity index is 1170. The van der Waals surface area contributed by atoms with E-state index in [9.17, 15) is 4.79 Å². The molecule has 0 unspecified atom stereocenters. The van der Waals surface area contributed by atoms with Gasteiger partial charge in [0.2, 0.25) is 0 Å². The average Bonchev–Trinajstić information content (AvgIpc) is 2.78. The van der Waals surface area contributed by atoms with Crippen molar-refractivity contribution >= 4 is 35.9 Å². The molecule has 3 aromatic rings. The Morgan fingerprint density at radius 2 is 2.03 bits per heavy atom. The van der Waals surface area contributed by atoms with E-state index < -0.39 is 5.97 Å². The van der Waals surface area contributed by atoms with Gasteiger partial charge in [0.1, 0.15) is 12.9 Å². The lowest BCUT2D eigenvalue weighted by molar-refractivity contribution is 0.0473. The van der Waals surface area contributed by atoms with Crippen molar-refractivity contribution in [3.63, 3.8) is 0 Å². The normalized spacial score (nSPS) is 11.5. The van der Waals surface area contributed by atoms with Crippen molar-refractivity contribution in [2.75, 3.05) is 0 Å². The van der Waals surface area contributed by atoms with Crippen LogP contribution in [0.5, 0.6) is 0 Å². The number of hydrogen-bond donors (Lipinski definition) is 1. The number of carbonyl (C=O) groups is 1. The zero-order valence-electron chi connectivity index (χ0n) is 18.2. The van der Waals surface area contributed by atoms with Crippen molar-refractivity contribution in [3.05, 3.63) is 82.1 Å². The summed E-state index contributed by atoms with van der Waals surface area (Å²) in [4.78, 5) is 25.1. The Labute approximate surface area is 192 Å². The topological polar surface area (TPSA) is 89.9 Å². The van der Waals surface area contributed by atoms with E-state index in [0.29, 0.717) is 27.8 Å². The number of halogens is 1. The van der Waals surface area contributed by atoms with E-state index in [-0.39, 0.29) is 6.61 Å². The molecule has 0 saturated carbocycles. The van der Waals surface area contributed by atoms with Gasteiger partial charge in [-0.1, -0.05) is 31.5 Å². The van der Waals surface area contributed by atoms with Crippen molar-refractivity contribution in [2.24, 2.45) is 15.7 Å². The van der Waals surface area contributed by atoms with Gasteiger partial charge >= 0.3 is 5.97 Å². The van der Waals surface area contributed by atoms with Crippen LogP contribution in [-0.4, -0.2) is 23.6 Å². The third-order valence-electron chi connectivity index (χ3n) is 4.85. The maximum absolute atomic E-state index is 12.9. The van der Waals surface area contributed by atoms with Gasteiger partial charge in [0.05, 0.1) is 17.6 Å². The average molecular weight is 449 g/mol. The quantitative estimate of drug-likeness (QED) is 0.279. The number of aryl methyl sites for hydroxylation is 1. The molecular weight excluding hydrogens is 424 g/mol. The fraction of sp³-hybridized carbons (Fsp3) is 0.200. The molecule has 7 heteroatoms. The molecule has 164 valence electrons. The van der Waals surface area contributed by atoms with Crippen LogP contribution in [0.3, 0.4) is 0 Å². The molecule has 2 aromatic carbocycles. The van der Waals surface area contributed by atoms with E-state index in [4.69, 9.17) is 22.1 Å². The Morgan fingerprint density at radius 1 is 1.22 bits per heavy atom. The van der Waals surface area contributed by atoms with Crippen LogP contribution in [0.15, 0.2) is 64.8 Å². The van der Waals surface area contributed by atoms with E-state index in [2.05, 4.69) is 28.8 Å². The second kappa shape index (κ2) is 10.7. The minimum atomic E-state index is -0.431. The van der Waals surface area contributed by atoms with E-state index in [1.165, 1.54) is 11.9 Å². The Hall–Kier alpha value is -3.51. The third kappa shape index (κ3) is 5.80. The molecule has 0 saturated heterocycles. The SMILES string of the molecule is Cc1cc(C(=O)OCc2cc(Cl)ccc2N=CN=CN)cc(-c2cnccc2C(C)C)c1. The highest BCUT2D eigenvalue weighted by molar-refractivity contribution is 6.30. The van der Waals surface area contributed by atoms with Gasteiger partial charge in [-0.3, -0.25) is 4.98 Å². The molecule has 2 N–H and O–H groups in total. The molecule has 0 aliphatic heterocycles. The van der Waals surface area contributed by atoms with Crippen LogP contribution in [0.1, 0.15) is 46.8 Å². The lowest BCUT2D eigenvalue weighted by Crippen LogP contribution is -2.06. The summed E-state index contributed by atoms with van der Waals surface area (Å²) in [6, 6.07) is 12.8. The number of aliphatic imine (C=N–C) groups is 2. The number of hydrogen-bond acceptors (Lipinski definition) is 4. The van der Waals surface area contributed by atoms with Crippen LogP contribution in [0, 0.1) is 6.92 Å². The number of pyridine rings is 1. The summed E-state index contributed by atoms with van der Waals surface area (Å²) in [7, 11) is 0. The van der Waals surface area contributed by atoms with Gasteiger partial charge < -0.3 is 10.5 Å². The fourth-order valence-corrected chi connectivity index (χ4v) is 3.56. The predicted octanol–water partition coefficient (Wildman–Crippen LogP) is 5.84. The highest BCUT2D eigenvalue weighted by atomic mass is 35.5. The molecular formula is C25H25ClN4O2. The first-order valence-electron chi connectivity index (χ1n) is 10.2. The first-order valence-corrected chi connectivity index (χ1v) is 10.5. The molecule has 1 heterocycles. The molecule has 0 spiro atoms. The number of esters is 1. The summed E-state index contributed by atoms with van der Waals surface area (Å²) >= 11 is 6.11. The molecule has 0 aliphatic rings. The van der Waals surface area contributed by atoms with Crippen molar-refractivity contribution in [3.8, 4) is 11.1 Å². The molecule has 0 radical (unpaired) electrons. The van der Waals surface area contributed by atoms with E-state index in [1.807, 2.05) is 37.4 Å². The van der Waals surface area contributed by atoms with Crippen LogP contribution in [0.25, 0.3) is 11.1 Å². The van der Waals surface area contributed by atoms with Gasteiger partial charge in [-0.05, 0) is 65.9 Å². The fourth-order valence-electron chi connectivity index (χ4n) is 3.36. The van der Waals surface area contributed by atoms with Gasteiger partial charge in [0.15, 0.2) is 0 Å². The van der Waals surface area contributed by atoms with Gasteiger partial charge in [0, 0.05) is 28.5 Å². The highest BCUT2D eigenvalue weighted by Crippen LogP contribution is 2.30. The van der Waals surface area contributed by atoms with Crippen molar-refractivity contribution in [1.29, 1.82) is 0 Å². The number of carbonyl (C=O) groups excluding carboxylic acids is 1. The summed E-state index contributed by atoms with van der Waals surface area (Å²) in [5.74, 6) is -0.103. The lowest BCUT2D eigenvalue weighted by Gasteiger charge is -2.14. The molecule has 0 atom stereocenters. The molecule has 0 bridgehead atoms. The van der Waals surface area contributed by atoms with Crippen LogP contribution in [0.2, 0.25) is 5.02 Å². The molecule has 0 amide bonds. The van der Waals surface area contributed by atoms with Gasteiger partial charge in [-0.2, -0.15) is 0 Å². The van der Waals surface area contributed by atoms with Crippen LogP contribution < -0.4 is 5.73 Å². The number of nitrogens with zero attached hydrogens (tertiary/aromatic N) is 3.